The van der Waals surface area contributed by atoms with Crippen LogP contribution in [0.1, 0.15) is 10.4 Å². The molecule has 8 nitrogen and oxygen atoms in total. The van der Waals surface area contributed by atoms with Gasteiger partial charge in [0.15, 0.2) is 5.65 Å². The van der Waals surface area contributed by atoms with Crippen molar-refractivity contribution in [1.29, 1.82) is 0 Å². The number of amides is 1. The molecule has 0 aliphatic carbocycles. The Kier molecular flexibility index (Phi) is 4.82. The number of hydrogen-bond acceptors (Lipinski definition) is 6. The predicted octanol–water partition coefficient (Wildman–Crippen LogP) is 2.30. The molecule has 0 unspecified atom stereocenters. The van der Waals surface area contributed by atoms with Gasteiger partial charge in [0.05, 0.1) is 16.0 Å². The summed E-state index contributed by atoms with van der Waals surface area (Å²) >= 11 is 12.0. The van der Waals surface area contributed by atoms with Gasteiger partial charge in [0.1, 0.15) is 5.82 Å². The highest BCUT2D eigenvalue weighted by Gasteiger charge is 2.26. The monoisotopic (exact) mass is 419 g/mol. The lowest BCUT2D eigenvalue weighted by Gasteiger charge is -2.35. The average Bonchev–Trinajstić information content (AvgIpc) is 2.70. The smallest absolute Gasteiger partial charge is 0.384 e. The summed E-state index contributed by atoms with van der Waals surface area (Å²) in [6, 6.07) is 8.23. The second kappa shape index (κ2) is 7.29. The predicted molar refractivity (Wildman–Crippen MR) is 106 cm³/mol. The molecule has 1 saturated heterocycles. The van der Waals surface area contributed by atoms with E-state index in [9.17, 15) is 14.8 Å². The molecule has 1 aliphatic heterocycles. The molecule has 3 aromatic rings. The fourth-order valence-electron chi connectivity index (χ4n) is 3.22. The Hall–Kier alpha value is -2.84. The Morgan fingerprint density at radius 3 is 2.57 bits per heavy atom. The van der Waals surface area contributed by atoms with Crippen LogP contribution in [0.2, 0.25) is 10.0 Å². The van der Waals surface area contributed by atoms with Crippen LogP contribution in [-0.4, -0.2) is 56.9 Å². The van der Waals surface area contributed by atoms with Crippen LogP contribution >= 0.6 is 23.2 Å². The number of rotatable bonds is 2. The van der Waals surface area contributed by atoms with Crippen molar-refractivity contribution in [3.05, 3.63) is 62.6 Å². The molecule has 0 atom stereocenters. The van der Waals surface area contributed by atoms with Crippen molar-refractivity contribution in [2.45, 2.75) is 0 Å². The van der Waals surface area contributed by atoms with Crippen LogP contribution in [0.3, 0.4) is 0 Å². The SMILES string of the molecule is O=C(c1ccc(Cl)cc1Cl)N1CCN(c2nc(=O)n(O)c3ncccc23)CC1. The molecular weight excluding hydrogens is 405 g/mol. The molecule has 0 spiro atoms. The van der Waals surface area contributed by atoms with Crippen LogP contribution in [0.4, 0.5) is 5.82 Å². The van der Waals surface area contributed by atoms with Gasteiger partial charge >= 0.3 is 5.69 Å². The summed E-state index contributed by atoms with van der Waals surface area (Å²) in [6.07, 6.45) is 1.49. The fraction of sp³-hybridized carbons (Fsp3) is 0.222. The highest BCUT2D eigenvalue weighted by molar-refractivity contribution is 6.36. The molecule has 144 valence electrons. The molecule has 0 bridgehead atoms. The maximum Gasteiger partial charge on any atom is 0.384 e. The van der Waals surface area contributed by atoms with Crippen LogP contribution in [0.5, 0.6) is 0 Å². The van der Waals surface area contributed by atoms with Crippen molar-refractivity contribution in [3.63, 3.8) is 0 Å². The molecule has 0 saturated carbocycles. The summed E-state index contributed by atoms with van der Waals surface area (Å²) in [4.78, 5) is 36.3. The van der Waals surface area contributed by atoms with Gasteiger partial charge in [-0.05, 0) is 30.3 Å². The van der Waals surface area contributed by atoms with Crippen LogP contribution in [-0.2, 0) is 0 Å². The zero-order chi connectivity index (χ0) is 19.8. The van der Waals surface area contributed by atoms with Gasteiger partial charge in [-0.15, -0.1) is 4.73 Å². The van der Waals surface area contributed by atoms with Crippen molar-refractivity contribution in [2.24, 2.45) is 0 Å². The Balaban J connectivity index is 1.57. The third kappa shape index (κ3) is 3.25. The molecule has 28 heavy (non-hydrogen) atoms. The fourth-order valence-corrected chi connectivity index (χ4v) is 3.71. The van der Waals surface area contributed by atoms with E-state index in [1.807, 2.05) is 4.90 Å². The van der Waals surface area contributed by atoms with Gasteiger partial charge in [0, 0.05) is 37.4 Å². The van der Waals surface area contributed by atoms with E-state index in [1.165, 1.54) is 6.20 Å². The number of anilines is 1. The van der Waals surface area contributed by atoms with Crippen molar-refractivity contribution in [3.8, 4) is 0 Å². The highest BCUT2D eigenvalue weighted by Crippen LogP contribution is 2.25. The minimum absolute atomic E-state index is 0.143. The molecule has 0 radical (unpaired) electrons. The number of hydrogen-bond donors (Lipinski definition) is 1. The summed E-state index contributed by atoms with van der Waals surface area (Å²) < 4.78 is 0.432. The first kappa shape index (κ1) is 18.5. The second-order valence-electron chi connectivity index (χ2n) is 6.31. The number of piperazine rings is 1. The summed E-state index contributed by atoms with van der Waals surface area (Å²) in [5.41, 5.74) is -0.258. The normalized spacial score (nSPS) is 14.5. The summed E-state index contributed by atoms with van der Waals surface area (Å²) in [5, 5.41) is 11.2. The molecule has 1 aliphatic rings. The van der Waals surface area contributed by atoms with E-state index < -0.39 is 5.69 Å². The van der Waals surface area contributed by atoms with Crippen molar-refractivity contribution in [1.82, 2.24) is 19.6 Å². The van der Waals surface area contributed by atoms with Crippen LogP contribution in [0.15, 0.2) is 41.3 Å². The van der Waals surface area contributed by atoms with Crippen LogP contribution in [0, 0.1) is 0 Å². The number of aromatic nitrogens is 3. The lowest BCUT2D eigenvalue weighted by molar-refractivity contribution is 0.0747. The number of carbonyl (C=O) groups is 1. The largest absolute Gasteiger partial charge is 0.422 e. The number of pyridine rings is 1. The van der Waals surface area contributed by atoms with Gasteiger partial charge in [0.2, 0.25) is 0 Å². The van der Waals surface area contributed by atoms with Crippen molar-refractivity contribution < 1.29 is 10.0 Å². The van der Waals surface area contributed by atoms with E-state index in [1.54, 1.807) is 35.2 Å². The molecule has 10 heteroatoms. The van der Waals surface area contributed by atoms with E-state index in [0.29, 0.717) is 57.7 Å². The van der Waals surface area contributed by atoms with E-state index >= 15 is 0 Å². The second-order valence-corrected chi connectivity index (χ2v) is 7.15. The van der Waals surface area contributed by atoms with E-state index in [4.69, 9.17) is 23.2 Å². The van der Waals surface area contributed by atoms with Crippen LogP contribution in [0.25, 0.3) is 11.0 Å². The minimum Gasteiger partial charge on any atom is -0.422 e. The first-order chi connectivity index (χ1) is 13.5. The Morgan fingerprint density at radius 2 is 1.86 bits per heavy atom. The standard InChI is InChI=1S/C18H15Cl2N5O3/c19-11-3-4-12(14(20)10-11)17(26)24-8-6-23(7-9-24)16-13-2-1-5-21-15(13)25(28)18(27)22-16/h1-5,10,28H,6-9H2. The molecule has 1 N–H and O–H groups in total. The first-order valence-corrected chi connectivity index (χ1v) is 9.27. The Bertz CT molecular complexity index is 1130. The number of carbonyl (C=O) groups excluding carboxylic acids is 1. The van der Waals surface area contributed by atoms with Gasteiger partial charge in [-0.1, -0.05) is 23.2 Å². The maximum atomic E-state index is 12.8. The number of benzene rings is 1. The molecule has 4 rings (SSSR count). The number of fused-ring (bicyclic) bond motifs is 1. The van der Waals surface area contributed by atoms with Gasteiger partial charge < -0.3 is 15.0 Å². The Morgan fingerprint density at radius 1 is 1.11 bits per heavy atom. The molecule has 1 aromatic carbocycles. The van der Waals surface area contributed by atoms with Crippen LogP contribution < -0.4 is 10.6 Å². The first-order valence-electron chi connectivity index (χ1n) is 8.52. The van der Waals surface area contributed by atoms with Crippen molar-refractivity contribution >= 4 is 46.0 Å². The summed E-state index contributed by atoms with van der Waals surface area (Å²) in [6.45, 7) is 1.82. The topological polar surface area (TPSA) is 91.6 Å². The minimum atomic E-state index is -0.798. The lowest BCUT2D eigenvalue weighted by Crippen LogP contribution is -2.49. The van der Waals surface area contributed by atoms with Gasteiger partial charge in [-0.3, -0.25) is 4.79 Å². The van der Waals surface area contributed by atoms with E-state index in [2.05, 4.69) is 9.97 Å². The van der Waals surface area contributed by atoms with E-state index in [-0.39, 0.29) is 11.6 Å². The van der Waals surface area contributed by atoms with Gasteiger partial charge in [-0.25, -0.2) is 9.78 Å². The lowest BCUT2D eigenvalue weighted by atomic mass is 10.1. The summed E-state index contributed by atoms with van der Waals surface area (Å²) in [5.74, 6) is 0.265. The third-order valence-corrected chi connectivity index (χ3v) is 5.19. The van der Waals surface area contributed by atoms with Gasteiger partial charge in [0.25, 0.3) is 5.91 Å². The number of halogens is 2. The zero-order valence-corrected chi connectivity index (χ0v) is 16.1. The zero-order valence-electron chi connectivity index (χ0n) is 14.5. The molecule has 1 fully saturated rings. The number of nitrogens with zero attached hydrogens (tertiary/aromatic N) is 5. The van der Waals surface area contributed by atoms with Gasteiger partial charge in [-0.2, -0.15) is 4.98 Å². The Labute approximate surface area is 169 Å². The summed E-state index contributed by atoms with van der Waals surface area (Å²) in [7, 11) is 0. The molecular formula is C18H15Cl2N5O3. The quantitative estimate of drug-likeness (QED) is 0.640. The maximum absolute atomic E-state index is 12.8. The average molecular weight is 420 g/mol. The van der Waals surface area contributed by atoms with Crippen molar-refractivity contribution in [2.75, 3.05) is 31.1 Å². The van der Waals surface area contributed by atoms with E-state index in [0.717, 1.165) is 0 Å². The third-order valence-electron chi connectivity index (χ3n) is 4.64. The highest BCUT2D eigenvalue weighted by atomic mass is 35.5. The molecule has 1 amide bonds. The molecule has 3 heterocycles. The molecule has 2 aromatic heterocycles.